The fraction of sp³-hybridized carbons (Fsp3) is 0.0714. The molecular weight excluding hydrogens is 330 g/mol. The number of halogens is 3. The molecule has 0 radical (unpaired) electrons. The van der Waals surface area contributed by atoms with Gasteiger partial charge in [0.25, 0.3) is 5.91 Å². The third kappa shape index (κ3) is 2.96. The third-order valence-corrected chi connectivity index (χ3v) is 3.63. The van der Waals surface area contributed by atoms with Gasteiger partial charge in [-0.25, -0.2) is 8.78 Å². The average Bonchev–Trinajstić information content (AvgIpc) is 2.39. The molecule has 2 rings (SSSR count). The number of hydrogen-bond donors (Lipinski definition) is 2. The molecule has 0 fully saturated rings. The first-order valence-electron chi connectivity index (χ1n) is 5.70. The van der Waals surface area contributed by atoms with Crippen molar-refractivity contribution in [1.82, 2.24) is 0 Å². The molecule has 3 N–H and O–H groups in total. The fourth-order valence-electron chi connectivity index (χ4n) is 1.59. The van der Waals surface area contributed by atoms with E-state index in [0.29, 0.717) is 5.69 Å². The molecule has 3 nitrogen and oxygen atoms in total. The summed E-state index contributed by atoms with van der Waals surface area (Å²) in [7, 11) is 0. The van der Waals surface area contributed by atoms with Crippen molar-refractivity contribution < 1.29 is 13.6 Å². The Balaban J connectivity index is 2.26. The third-order valence-electron chi connectivity index (χ3n) is 2.77. The summed E-state index contributed by atoms with van der Waals surface area (Å²) in [6.45, 7) is 1.90. The van der Waals surface area contributed by atoms with Gasteiger partial charge in [-0.3, -0.25) is 4.79 Å². The molecule has 2 aromatic rings. The topological polar surface area (TPSA) is 55.1 Å². The summed E-state index contributed by atoms with van der Waals surface area (Å²) in [6, 6.07) is 7.01. The highest BCUT2D eigenvalue weighted by molar-refractivity contribution is 9.10. The fourth-order valence-corrected chi connectivity index (χ4v) is 1.97. The second-order valence-electron chi connectivity index (χ2n) is 4.27. The quantitative estimate of drug-likeness (QED) is 0.815. The van der Waals surface area contributed by atoms with Gasteiger partial charge < -0.3 is 11.1 Å². The van der Waals surface area contributed by atoms with Crippen molar-refractivity contribution in [3.05, 3.63) is 57.6 Å². The van der Waals surface area contributed by atoms with E-state index in [4.69, 9.17) is 5.73 Å². The Labute approximate surface area is 122 Å². The Morgan fingerprint density at radius 1 is 1.20 bits per heavy atom. The van der Waals surface area contributed by atoms with Gasteiger partial charge in [0.1, 0.15) is 17.3 Å². The monoisotopic (exact) mass is 340 g/mol. The van der Waals surface area contributed by atoms with Crippen LogP contribution in [0.25, 0.3) is 0 Å². The van der Waals surface area contributed by atoms with Crippen LogP contribution >= 0.6 is 15.9 Å². The first-order chi connectivity index (χ1) is 9.38. The van der Waals surface area contributed by atoms with Crippen LogP contribution < -0.4 is 11.1 Å². The van der Waals surface area contributed by atoms with Gasteiger partial charge in [0.05, 0.1) is 0 Å². The zero-order chi connectivity index (χ0) is 14.9. The summed E-state index contributed by atoms with van der Waals surface area (Å²) in [5.41, 5.74) is 5.95. The molecule has 0 aromatic heterocycles. The Morgan fingerprint density at radius 2 is 1.80 bits per heavy atom. The molecule has 0 aliphatic heterocycles. The number of amides is 1. The second kappa shape index (κ2) is 5.58. The predicted molar refractivity (Wildman–Crippen MR) is 77.6 cm³/mol. The molecule has 0 unspecified atom stereocenters. The lowest BCUT2D eigenvalue weighted by atomic mass is 10.1. The first-order valence-corrected chi connectivity index (χ1v) is 6.50. The van der Waals surface area contributed by atoms with Crippen molar-refractivity contribution in [2.24, 2.45) is 0 Å². The molecule has 0 heterocycles. The summed E-state index contributed by atoms with van der Waals surface area (Å²) in [5, 5.41) is 2.56. The highest BCUT2D eigenvalue weighted by Gasteiger charge is 2.13. The summed E-state index contributed by atoms with van der Waals surface area (Å²) in [5.74, 6) is -2.53. The maximum absolute atomic E-state index is 13.3. The number of aryl methyl sites for hydroxylation is 1. The van der Waals surface area contributed by atoms with Gasteiger partial charge in [-0.2, -0.15) is 0 Å². The van der Waals surface area contributed by atoms with Crippen molar-refractivity contribution in [2.45, 2.75) is 6.92 Å². The molecule has 1 amide bonds. The van der Waals surface area contributed by atoms with E-state index in [1.165, 1.54) is 0 Å². The lowest BCUT2D eigenvalue weighted by molar-refractivity contribution is 0.102. The molecule has 20 heavy (non-hydrogen) atoms. The zero-order valence-electron chi connectivity index (χ0n) is 10.5. The lowest BCUT2D eigenvalue weighted by Gasteiger charge is -2.08. The van der Waals surface area contributed by atoms with Crippen LogP contribution in [0.2, 0.25) is 0 Å². The summed E-state index contributed by atoms with van der Waals surface area (Å²) in [6.07, 6.45) is 0. The van der Waals surface area contributed by atoms with Crippen LogP contribution in [0.15, 0.2) is 34.8 Å². The van der Waals surface area contributed by atoms with Crippen molar-refractivity contribution >= 4 is 33.2 Å². The molecule has 0 aliphatic rings. The molecule has 2 aromatic carbocycles. The number of nitrogens with two attached hydrogens (primary N) is 1. The maximum atomic E-state index is 13.3. The molecule has 104 valence electrons. The Morgan fingerprint density at radius 3 is 2.35 bits per heavy atom. The smallest absolute Gasteiger partial charge is 0.255 e. The second-order valence-corrected chi connectivity index (χ2v) is 5.13. The largest absolute Gasteiger partial charge is 0.394 e. The molecule has 6 heteroatoms. The van der Waals surface area contributed by atoms with E-state index in [2.05, 4.69) is 21.2 Å². The van der Waals surface area contributed by atoms with Crippen LogP contribution in [0.5, 0.6) is 0 Å². The highest BCUT2D eigenvalue weighted by Crippen LogP contribution is 2.22. The minimum Gasteiger partial charge on any atom is -0.394 e. The van der Waals surface area contributed by atoms with E-state index in [0.717, 1.165) is 22.2 Å². The van der Waals surface area contributed by atoms with Gasteiger partial charge in [-0.1, -0.05) is 22.0 Å². The number of carbonyl (C=O) groups is 1. The maximum Gasteiger partial charge on any atom is 0.255 e. The molecule has 0 saturated carbocycles. The summed E-state index contributed by atoms with van der Waals surface area (Å²) < 4.78 is 27.4. The van der Waals surface area contributed by atoms with Gasteiger partial charge in [0.2, 0.25) is 0 Å². The standard InChI is InChI=1S/C14H11BrF2N2O/c1-7-2-3-9(6-10(7)15)19-14(20)8-4-11(16)13(18)12(17)5-8/h2-6H,18H2,1H3,(H,19,20). The van der Waals surface area contributed by atoms with Gasteiger partial charge >= 0.3 is 0 Å². The van der Waals surface area contributed by atoms with E-state index < -0.39 is 23.2 Å². The molecule has 0 spiro atoms. The van der Waals surface area contributed by atoms with E-state index >= 15 is 0 Å². The van der Waals surface area contributed by atoms with Crippen LogP contribution in [0.3, 0.4) is 0 Å². The number of carbonyl (C=O) groups excluding carboxylic acids is 1. The van der Waals surface area contributed by atoms with Crippen LogP contribution in [-0.4, -0.2) is 5.91 Å². The van der Waals surface area contributed by atoms with Crippen LogP contribution in [0.1, 0.15) is 15.9 Å². The minimum absolute atomic E-state index is 0.133. The van der Waals surface area contributed by atoms with Gasteiger partial charge in [-0.05, 0) is 36.8 Å². The van der Waals surface area contributed by atoms with Crippen molar-refractivity contribution in [3.63, 3.8) is 0 Å². The van der Waals surface area contributed by atoms with E-state index in [1.54, 1.807) is 12.1 Å². The SMILES string of the molecule is Cc1ccc(NC(=O)c2cc(F)c(N)c(F)c2)cc1Br. The molecule has 0 atom stereocenters. The number of nitrogens with one attached hydrogen (secondary N) is 1. The Hall–Kier alpha value is -1.95. The van der Waals surface area contributed by atoms with Crippen LogP contribution in [0.4, 0.5) is 20.2 Å². The molecular formula is C14H11BrF2N2O. The minimum atomic E-state index is -0.958. The van der Waals surface area contributed by atoms with E-state index in [9.17, 15) is 13.6 Å². The normalized spacial score (nSPS) is 10.4. The molecule has 0 aliphatic carbocycles. The number of rotatable bonds is 2. The molecule has 0 saturated heterocycles. The summed E-state index contributed by atoms with van der Waals surface area (Å²) in [4.78, 5) is 11.9. The van der Waals surface area contributed by atoms with E-state index in [1.807, 2.05) is 13.0 Å². The van der Waals surface area contributed by atoms with Gasteiger partial charge in [0.15, 0.2) is 0 Å². The lowest BCUT2D eigenvalue weighted by Crippen LogP contribution is -2.13. The van der Waals surface area contributed by atoms with Crippen molar-refractivity contribution in [1.29, 1.82) is 0 Å². The number of anilines is 2. The number of nitrogen functional groups attached to an aromatic ring is 1. The summed E-state index contributed by atoms with van der Waals surface area (Å²) >= 11 is 3.34. The van der Waals surface area contributed by atoms with Gasteiger partial charge in [-0.15, -0.1) is 0 Å². The van der Waals surface area contributed by atoms with Crippen LogP contribution in [-0.2, 0) is 0 Å². The number of benzene rings is 2. The predicted octanol–water partition coefficient (Wildman–Crippen LogP) is 3.87. The van der Waals surface area contributed by atoms with Crippen LogP contribution in [0, 0.1) is 18.6 Å². The highest BCUT2D eigenvalue weighted by atomic mass is 79.9. The molecule has 0 bridgehead atoms. The first kappa shape index (κ1) is 14.5. The van der Waals surface area contributed by atoms with E-state index in [-0.39, 0.29) is 5.56 Å². The van der Waals surface area contributed by atoms with Gasteiger partial charge in [0, 0.05) is 15.7 Å². The average molecular weight is 341 g/mol. The number of hydrogen-bond acceptors (Lipinski definition) is 2. The zero-order valence-corrected chi connectivity index (χ0v) is 12.1. The Bertz CT molecular complexity index is 666. The Kier molecular flexibility index (Phi) is 4.04. The van der Waals surface area contributed by atoms with Crippen molar-refractivity contribution in [2.75, 3.05) is 11.1 Å². The van der Waals surface area contributed by atoms with Crippen molar-refractivity contribution in [3.8, 4) is 0 Å².